The standard InChI is InChI=1S/C14H20N2O2S3/c1-3-6-15-9-13-8-14(11-20-13)21(17,18)16(2)10-12-5-4-7-19-12/h4-5,7-8,11,15H,3,6,9-10H2,1-2H3. The molecule has 0 fully saturated rings. The van der Waals surface area contributed by atoms with Crippen molar-refractivity contribution in [2.75, 3.05) is 13.6 Å². The second kappa shape index (κ2) is 7.51. The molecule has 116 valence electrons. The van der Waals surface area contributed by atoms with Gasteiger partial charge in [0.2, 0.25) is 10.0 Å². The van der Waals surface area contributed by atoms with Crippen molar-refractivity contribution in [2.45, 2.75) is 31.3 Å². The van der Waals surface area contributed by atoms with Crippen LogP contribution in [0.15, 0.2) is 33.9 Å². The molecule has 1 N–H and O–H groups in total. The minimum Gasteiger partial charge on any atom is -0.312 e. The highest BCUT2D eigenvalue weighted by molar-refractivity contribution is 7.89. The molecule has 0 spiro atoms. The Labute approximate surface area is 134 Å². The van der Waals surface area contributed by atoms with Crippen molar-refractivity contribution in [3.05, 3.63) is 38.7 Å². The Morgan fingerprint density at radius 2 is 2.10 bits per heavy atom. The molecule has 0 saturated heterocycles. The minimum absolute atomic E-state index is 0.389. The summed E-state index contributed by atoms with van der Waals surface area (Å²) in [6.07, 6.45) is 1.07. The van der Waals surface area contributed by atoms with Crippen LogP contribution in [-0.4, -0.2) is 26.3 Å². The quantitative estimate of drug-likeness (QED) is 0.749. The third-order valence-electron chi connectivity index (χ3n) is 3.02. The summed E-state index contributed by atoms with van der Waals surface area (Å²) in [5.41, 5.74) is 0. The third-order valence-corrected chi connectivity index (χ3v) is 6.75. The van der Waals surface area contributed by atoms with Crippen molar-refractivity contribution >= 4 is 32.7 Å². The first-order valence-electron chi connectivity index (χ1n) is 6.81. The maximum absolute atomic E-state index is 12.5. The number of nitrogens with zero attached hydrogens (tertiary/aromatic N) is 1. The Morgan fingerprint density at radius 1 is 1.29 bits per heavy atom. The van der Waals surface area contributed by atoms with Gasteiger partial charge in [-0.15, -0.1) is 22.7 Å². The largest absolute Gasteiger partial charge is 0.312 e. The number of sulfonamides is 1. The van der Waals surface area contributed by atoms with Crippen molar-refractivity contribution in [3.63, 3.8) is 0 Å². The van der Waals surface area contributed by atoms with Crippen LogP contribution in [0.3, 0.4) is 0 Å². The Balaban J connectivity index is 2.04. The molecule has 2 aromatic rings. The predicted molar refractivity (Wildman–Crippen MR) is 89.3 cm³/mol. The second-order valence-corrected chi connectivity index (χ2v) is 8.84. The highest BCUT2D eigenvalue weighted by Crippen LogP contribution is 2.23. The van der Waals surface area contributed by atoms with Crippen LogP contribution in [0.4, 0.5) is 0 Å². The summed E-state index contributed by atoms with van der Waals surface area (Å²) in [6, 6.07) is 5.65. The molecule has 2 aromatic heterocycles. The number of nitrogens with one attached hydrogen (secondary N) is 1. The van der Waals surface area contributed by atoms with Gasteiger partial charge in [0, 0.05) is 35.3 Å². The highest BCUT2D eigenvalue weighted by Gasteiger charge is 2.22. The summed E-state index contributed by atoms with van der Waals surface area (Å²) in [4.78, 5) is 2.48. The first-order valence-corrected chi connectivity index (χ1v) is 10.0. The summed E-state index contributed by atoms with van der Waals surface area (Å²) < 4.78 is 26.4. The summed E-state index contributed by atoms with van der Waals surface area (Å²) >= 11 is 3.05. The van der Waals surface area contributed by atoms with E-state index in [0.717, 1.165) is 29.3 Å². The van der Waals surface area contributed by atoms with Crippen LogP contribution in [0.25, 0.3) is 0 Å². The van der Waals surface area contributed by atoms with E-state index in [1.165, 1.54) is 15.6 Å². The van der Waals surface area contributed by atoms with Crippen LogP contribution < -0.4 is 5.32 Å². The fourth-order valence-electron chi connectivity index (χ4n) is 1.86. The maximum atomic E-state index is 12.5. The Kier molecular flexibility index (Phi) is 5.95. The lowest BCUT2D eigenvalue weighted by Crippen LogP contribution is -2.25. The molecule has 0 amide bonds. The fraction of sp³-hybridized carbons (Fsp3) is 0.429. The van der Waals surface area contributed by atoms with Crippen molar-refractivity contribution in [3.8, 4) is 0 Å². The predicted octanol–water partition coefficient (Wildman–Crippen LogP) is 3.13. The van der Waals surface area contributed by atoms with E-state index in [9.17, 15) is 8.42 Å². The molecule has 0 bridgehead atoms. The molecule has 0 atom stereocenters. The lowest BCUT2D eigenvalue weighted by atomic mass is 10.4. The molecule has 2 heterocycles. The zero-order valence-electron chi connectivity index (χ0n) is 12.2. The van der Waals surface area contributed by atoms with Crippen molar-refractivity contribution in [1.82, 2.24) is 9.62 Å². The van der Waals surface area contributed by atoms with Gasteiger partial charge in [-0.2, -0.15) is 4.31 Å². The van der Waals surface area contributed by atoms with E-state index in [1.54, 1.807) is 29.8 Å². The van der Waals surface area contributed by atoms with Crippen molar-refractivity contribution in [2.24, 2.45) is 0 Å². The van der Waals surface area contributed by atoms with Gasteiger partial charge >= 0.3 is 0 Å². The van der Waals surface area contributed by atoms with Gasteiger partial charge in [-0.05, 0) is 30.5 Å². The van der Waals surface area contributed by atoms with E-state index >= 15 is 0 Å². The monoisotopic (exact) mass is 344 g/mol. The van der Waals surface area contributed by atoms with E-state index in [4.69, 9.17) is 0 Å². The molecule has 0 aliphatic rings. The number of hydrogen-bond donors (Lipinski definition) is 1. The van der Waals surface area contributed by atoms with Gasteiger partial charge in [-0.25, -0.2) is 8.42 Å². The highest BCUT2D eigenvalue weighted by atomic mass is 32.2. The average molecular weight is 345 g/mol. The van der Waals surface area contributed by atoms with Gasteiger partial charge < -0.3 is 5.32 Å². The third kappa shape index (κ3) is 4.37. The van der Waals surface area contributed by atoms with E-state index in [-0.39, 0.29) is 0 Å². The topological polar surface area (TPSA) is 49.4 Å². The number of rotatable bonds is 8. The molecular formula is C14H20N2O2S3. The van der Waals surface area contributed by atoms with Gasteiger partial charge in [0.1, 0.15) is 0 Å². The number of hydrogen-bond acceptors (Lipinski definition) is 5. The first-order chi connectivity index (χ1) is 10.0. The molecule has 21 heavy (non-hydrogen) atoms. The second-order valence-electron chi connectivity index (χ2n) is 4.77. The molecule has 0 aliphatic heterocycles. The molecule has 0 saturated carbocycles. The fourth-order valence-corrected chi connectivity index (χ4v) is 5.08. The van der Waals surface area contributed by atoms with Crippen LogP contribution >= 0.6 is 22.7 Å². The normalized spacial score (nSPS) is 12.1. The van der Waals surface area contributed by atoms with Crippen molar-refractivity contribution in [1.29, 1.82) is 0 Å². The molecule has 7 heteroatoms. The molecule has 0 unspecified atom stereocenters. The van der Waals surface area contributed by atoms with E-state index in [0.29, 0.717) is 11.4 Å². The number of thiophene rings is 2. The van der Waals surface area contributed by atoms with Gasteiger partial charge in [-0.3, -0.25) is 0 Å². The van der Waals surface area contributed by atoms with Gasteiger partial charge in [-0.1, -0.05) is 13.0 Å². The van der Waals surface area contributed by atoms with E-state index in [1.807, 2.05) is 17.5 Å². The van der Waals surface area contributed by atoms with Crippen LogP contribution in [0.5, 0.6) is 0 Å². The lowest BCUT2D eigenvalue weighted by molar-refractivity contribution is 0.470. The zero-order chi connectivity index (χ0) is 15.3. The average Bonchev–Trinajstić information content (AvgIpc) is 3.10. The maximum Gasteiger partial charge on any atom is 0.243 e. The Hall–Kier alpha value is -0.730. The van der Waals surface area contributed by atoms with Gasteiger partial charge in [0.25, 0.3) is 0 Å². The summed E-state index contributed by atoms with van der Waals surface area (Å²) in [7, 11) is -1.78. The molecule has 0 aliphatic carbocycles. The van der Waals surface area contributed by atoms with E-state index in [2.05, 4.69) is 12.2 Å². The SMILES string of the molecule is CCCNCc1cc(S(=O)(=O)N(C)Cc2cccs2)cs1. The van der Waals surface area contributed by atoms with Crippen molar-refractivity contribution < 1.29 is 8.42 Å². The van der Waals surface area contributed by atoms with E-state index < -0.39 is 10.0 Å². The summed E-state index contributed by atoms with van der Waals surface area (Å²) in [5, 5.41) is 6.97. The summed E-state index contributed by atoms with van der Waals surface area (Å²) in [6.45, 7) is 4.19. The van der Waals surface area contributed by atoms with Crippen LogP contribution in [0.1, 0.15) is 23.1 Å². The Morgan fingerprint density at radius 3 is 2.76 bits per heavy atom. The molecule has 4 nitrogen and oxygen atoms in total. The van der Waals surface area contributed by atoms with Crippen LogP contribution in [0, 0.1) is 0 Å². The smallest absolute Gasteiger partial charge is 0.243 e. The first kappa shape index (κ1) is 16.6. The molecule has 0 aromatic carbocycles. The Bertz CT molecular complexity index is 648. The van der Waals surface area contributed by atoms with Crippen LogP contribution in [-0.2, 0) is 23.1 Å². The van der Waals surface area contributed by atoms with Gasteiger partial charge in [0.05, 0.1) is 4.90 Å². The summed E-state index contributed by atoms with van der Waals surface area (Å²) in [5.74, 6) is 0. The molecule has 0 radical (unpaired) electrons. The lowest BCUT2D eigenvalue weighted by Gasteiger charge is -2.15. The minimum atomic E-state index is -3.40. The zero-order valence-corrected chi connectivity index (χ0v) is 14.7. The van der Waals surface area contributed by atoms with Crippen LogP contribution in [0.2, 0.25) is 0 Å². The van der Waals surface area contributed by atoms with Gasteiger partial charge in [0.15, 0.2) is 0 Å². The molecule has 2 rings (SSSR count). The molecular weight excluding hydrogens is 324 g/mol.